The molecule has 2 aromatic rings. The molecule has 1 heterocycles. The first kappa shape index (κ1) is 8.00. The van der Waals surface area contributed by atoms with E-state index >= 15 is 0 Å². The molecule has 0 radical (unpaired) electrons. The lowest BCUT2D eigenvalue weighted by Crippen LogP contribution is -2.12. The topological polar surface area (TPSA) is 46.3 Å². The number of hydrogen-bond donors (Lipinski definition) is 1. The smallest absolute Gasteiger partial charge is 0.167 e. The highest BCUT2D eigenvalue weighted by Crippen LogP contribution is 2.49. The molecule has 0 saturated heterocycles. The Morgan fingerprint density at radius 1 is 1.36 bits per heavy atom. The summed E-state index contributed by atoms with van der Waals surface area (Å²) >= 11 is 0. The second-order valence-electron chi connectivity index (χ2n) is 3.97. The van der Waals surface area contributed by atoms with Crippen molar-refractivity contribution in [2.45, 2.75) is 18.3 Å². The van der Waals surface area contributed by atoms with Crippen LogP contribution in [0.4, 0.5) is 0 Å². The summed E-state index contributed by atoms with van der Waals surface area (Å²) in [6, 6.07) is 7.79. The van der Waals surface area contributed by atoms with Gasteiger partial charge in [0, 0.05) is 10.8 Å². The molecule has 1 aliphatic rings. The Kier molecular flexibility index (Phi) is 1.47. The number of aliphatic hydroxyl groups is 1. The Morgan fingerprint density at radius 3 is 2.86 bits per heavy atom. The third kappa shape index (κ3) is 0.930. The Hall–Kier alpha value is -1.35. The fourth-order valence-corrected chi connectivity index (χ4v) is 1.89. The summed E-state index contributed by atoms with van der Waals surface area (Å²) in [4.78, 5) is 0. The van der Waals surface area contributed by atoms with E-state index in [9.17, 15) is 5.11 Å². The molecule has 1 aromatic carbocycles. The molecule has 1 N–H and O–H groups in total. The van der Waals surface area contributed by atoms with Crippen LogP contribution in [0.25, 0.3) is 11.0 Å². The molecular weight excluding hydrogens is 178 g/mol. The maximum Gasteiger partial charge on any atom is 0.167 e. The van der Waals surface area contributed by atoms with E-state index in [1.54, 1.807) is 0 Å². The van der Waals surface area contributed by atoms with Crippen molar-refractivity contribution in [3.05, 3.63) is 30.0 Å². The average molecular weight is 189 g/mol. The molecule has 3 nitrogen and oxygen atoms in total. The van der Waals surface area contributed by atoms with E-state index in [1.807, 2.05) is 24.3 Å². The standard InChI is InChI=1S/C11H11NO2/c13-7-11(5-6-11)10-8-3-1-2-4-9(8)14-12-10/h1-4,13H,5-7H2. The summed E-state index contributed by atoms with van der Waals surface area (Å²) in [5.41, 5.74) is 1.63. The molecule has 1 aliphatic carbocycles. The van der Waals surface area contributed by atoms with Gasteiger partial charge in [-0.25, -0.2) is 0 Å². The molecule has 0 aliphatic heterocycles. The van der Waals surface area contributed by atoms with E-state index in [4.69, 9.17) is 4.52 Å². The summed E-state index contributed by atoms with van der Waals surface area (Å²) in [7, 11) is 0. The number of nitrogens with zero attached hydrogens (tertiary/aromatic N) is 1. The van der Waals surface area contributed by atoms with Crippen LogP contribution in [0.2, 0.25) is 0 Å². The van der Waals surface area contributed by atoms with Gasteiger partial charge in [0.2, 0.25) is 0 Å². The van der Waals surface area contributed by atoms with Crippen LogP contribution in [0.1, 0.15) is 18.5 Å². The van der Waals surface area contributed by atoms with Crippen molar-refractivity contribution in [1.82, 2.24) is 5.16 Å². The second-order valence-corrected chi connectivity index (χ2v) is 3.97. The van der Waals surface area contributed by atoms with E-state index in [1.165, 1.54) is 0 Å². The number of aromatic nitrogens is 1. The third-order valence-electron chi connectivity index (χ3n) is 3.04. The lowest BCUT2D eigenvalue weighted by atomic mass is 10.0. The minimum absolute atomic E-state index is 0.105. The van der Waals surface area contributed by atoms with Crippen molar-refractivity contribution in [3.8, 4) is 0 Å². The summed E-state index contributed by atoms with van der Waals surface area (Å²) in [5.74, 6) is 0. The van der Waals surface area contributed by atoms with Crippen molar-refractivity contribution in [1.29, 1.82) is 0 Å². The first-order valence-corrected chi connectivity index (χ1v) is 4.81. The quantitative estimate of drug-likeness (QED) is 0.784. The highest BCUT2D eigenvalue weighted by molar-refractivity contribution is 5.80. The van der Waals surface area contributed by atoms with Crippen LogP contribution in [0, 0.1) is 0 Å². The maximum absolute atomic E-state index is 9.31. The maximum atomic E-state index is 9.31. The molecule has 3 heteroatoms. The van der Waals surface area contributed by atoms with Gasteiger partial charge in [-0.15, -0.1) is 0 Å². The SMILES string of the molecule is OCC1(c2noc3ccccc23)CC1. The predicted octanol–water partition coefficient (Wildman–Crippen LogP) is 1.85. The highest BCUT2D eigenvalue weighted by atomic mass is 16.5. The Balaban J connectivity index is 2.22. The number of rotatable bonds is 2. The zero-order valence-corrected chi connectivity index (χ0v) is 7.73. The van der Waals surface area contributed by atoms with Crippen molar-refractivity contribution in [2.75, 3.05) is 6.61 Å². The van der Waals surface area contributed by atoms with Gasteiger partial charge in [0.15, 0.2) is 5.58 Å². The van der Waals surface area contributed by atoms with Gasteiger partial charge in [-0.2, -0.15) is 0 Å². The van der Waals surface area contributed by atoms with Crippen LogP contribution in [0.3, 0.4) is 0 Å². The van der Waals surface area contributed by atoms with Crippen LogP contribution in [0.5, 0.6) is 0 Å². The highest BCUT2D eigenvalue weighted by Gasteiger charge is 2.47. The van der Waals surface area contributed by atoms with Crippen molar-refractivity contribution in [3.63, 3.8) is 0 Å². The molecule has 0 amide bonds. The molecule has 1 saturated carbocycles. The van der Waals surface area contributed by atoms with Gasteiger partial charge in [-0.1, -0.05) is 17.3 Å². The number of fused-ring (bicyclic) bond motifs is 1. The molecule has 72 valence electrons. The Labute approximate surface area is 81.3 Å². The number of para-hydroxylation sites is 1. The fraction of sp³-hybridized carbons (Fsp3) is 0.364. The minimum atomic E-state index is -0.105. The van der Waals surface area contributed by atoms with E-state index in [2.05, 4.69) is 5.16 Å². The fourth-order valence-electron chi connectivity index (χ4n) is 1.89. The van der Waals surface area contributed by atoms with E-state index in [0.717, 1.165) is 29.5 Å². The zero-order valence-electron chi connectivity index (χ0n) is 7.73. The lowest BCUT2D eigenvalue weighted by molar-refractivity contribution is 0.249. The van der Waals surface area contributed by atoms with Gasteiger partial charge in [0.1, 0.15) is 0 Å². The largest absolute Gasteiger partial charge is 0.395 e. The summed E-state index contributed by atoms with van der Waals surface area (Å²) in [5, 5.41) is 14.4. The second kappa shape index (κ2) is 2.58. The Bertz CT molecular complexity index is 471. The third-order valence-corrected chi connectivity index (χ3v) is 3.04. The molecule has 0 atom stereocenters. The first-order valence-electron chi connectivity index (χ1n) is 4.81. The van der Waals surface area contributed by atoms with Crippen LogP contribution in [-0.2, 0) is 5.41 Å². The summed E-state index contributed by atoms with van der Waals surface area (Å²) in [6.45, 7) is 0.170. The lowest BCUT2D eigenvalue weighted by Gasteiger charge is -2.06. The van der Waals surface area contributed by atoms with Crippen LogP contribution in [-0.4, -0.2) is 16.9 Å². The van der Waals surface area contributed by atoms with Gasteiger partial charge in [0.05, 0.1) is 12.3 Å². The monoisotopic (exact) mass is 189 g/mol. The predicted molar refractivity (Wildman–Crippen MR) is 52.0 cm³/mol. The van der Waals surface area contributed by atoms with E-state index in [0.29, 0.717) is 0 Å². The molecule has 0 unspecified atom stereocenters. The molecular formula is C11H11NO2. The summed E-state index contributed by atoms with van der Waals surface area (Å²) < 4.78 is 5.22. The van der Waals surface area contributed by atoms with Crippen LogP contribution < -0.4 is 0 Å². The minimum Gasteiger partial charge on any atom is -0.395 e. The number of aliphatic hydroxyl groups excluding tert-OH is 1. The van der Waals surface area contributed by atoms with Gasteiger partial charge in [0.25, 0.3) is 0 Å². The molecule has 3 rings (SSSR count). The van der Waals surface area contributed by atoms with Crippen molar-refractivity contribution < 1.29 is 9.63 Å². The van der Waals surface area contributed by atoms with Gasteiger partial charge >= 0.3 is 0 Å². The van der Waals surface area contributed by atoms with E-state index in [-0.39, 0.29) is 12.0 Å². The number of benzene rings is 1. The summed E-state index contributed by atoms with van der Waals surface area (Å²) in [6.07, 6.45) is 2.03. The Morgan fingerprint density at radius 2 is 2.14 bits per heavy atom. The zero-order chi connectivity index (χ0) is 9.60. The van der Waals surface area contributed by atoms with Crippen molar-refractivity contribution in [2.24, 2.45) is 0 Å². The molecule has 0 spiro atoms. The molecule has 1 fully saturated rings. The normalized spacial score (nSPS) is 18.6. The van der Waals surface area contributed by atoms with Crippen molar-refractivity contribution >= 4 is 11.0 Å². The van der Waals surface area contributed by atoms with Gasteiger partial charge < -0.3 is 9.63 Å². The first-order chi connectivity index (χ1) is 6.86. The van der Waals surface area contributed by atoms with Crippen LogP contribution in [0.15, 0.2) is 28.8 Å². The molecule has 1 aromatic heterocycles. The molecule has 14 heavy (non-hydrogen) atoms. The van der Waals surface area contributed by atoms with Gasteiger partial charge in [-0.05, 0) is 25.0 Å². The van der Waals surface area contributed by atoms with E-state index < -0.39 is 0 Å². The number of hydrogen-bond acceptors (Lipinski definition) is 3. The van der Waals surface area contributed by atoms with Gasteiger partial charge in [-0.3, -0.25) is 0 Å². The molecule has 0 bridgehead atoms. The average Bonchev–Trinajstić information content (AvgIpc) is 2.91. The van der Waals surface area contributed by atoms with Crippen LogP contribution >= 0.6 is 0 Å².